The Bertz CT molecular complexity index is 3880. The van der Waals surface area contributed by atoms with Crippen molar-refractivity contribution in [2.75, 3.05) is 31.6 Å². The van der Waals surface area contributed by atoms with Gasteiger partial charge in [0.1, 0.15) is 72.5 Å². The van der Waals surface area contributed by atoms with Crippen molar-refractivity contribution in [1.29, 1.82) is 10.8 Å². The van der Waals surface area contributed by atoms with Crippen molar-refractivity contribution < 1.29 is 102 Å². The van der Waals surface area contributed by atoms with Gasteiger partial charge in [-0.25, -0.2) is 4.79 Å². The highest BCUT2D eigenvalue weighted by Crippen LogP contribution is 2.20. The van der Waals surface area contributed by atoms with Crippen LogP contribution >= 0.6 is 11.8 Å². The summed E-state index contributed by atoms with van der Waals surface area (Å²) < 4.78 is 0. The topological polar surface area (TPSA) is 742 Å². The average Bonchev–Trinajstić information content (AvgIpc) is 1.62. The number of carbonyl (C=O) groups is 18. The summed E-state index contributed by atoms with van der Waals surface area (Å²) in [6.45, 7) is 13.0. The number of aromatic amines is 1. The van der Waals surface area contributed by atoms with Crippen LogP contribution in [0.25, 0.3) is 10.9 Å². The summed E-state index contributed by atoms with van der Waals surface area (Å²) in [5, 5.41) is 82.1. The maximum atomic E-state index is 14.8. The quantitative estimate of drug-likeness (QED) is 0.0167. The van der Waals surface area contributed by atoms with Gasteiger partial charge >= 0.3 is 17.9 Å². The number of amides is 15. The molecule has 15 atom stereocenters. The Labute approximate surface area is 692 Å². The predicted molar refractivity (Wildman–Crippen MR) is 435 cm³/mol. The summed E-state index contributed by atoms with van der Waals surface area (Å²) >= 11 is 1.40. The number of carboxylic acids is 3. The van der Waals surface area contributed by atoms with E-state index in [2.05, 4.69) is 84.7 Å². The molecule has 0 aliphatic heterocycles. The number of thioether (sulfide) groups is 1. The Morgan fingerprint density at radius 2 is 0.891 bits per heavy atom. The molecule has 0 unspecified atom stereocenters. The van der Waals surface area contributed by atoms with Crippen molar-refractivity contribution in [2.24, 2.45) is 52.3 Å². The molecule has 1 aromatic heterocycles. The second kappa shape index (κ2) is 52.7. The molecule has 0 saturated carbocycles. The first kappa shape index (κ1) is 103. The maximum absolute atomic E-state index is 14.8. The van der Waals surface area contributed by atoms with Crippen LogP contribution in [0.1, 0.15) is 158 Å². The Morgan fingerprint density at radius 3 is 1.37 bits per heavy atom. The Hall–Kier alpha value is -11.9. The Kier molecular flexibility index (Phi) is 45.7. The fourth-order valence-corrected chi connectivity index (χ4v) is 12.3. The number of primary amides is 2. The van der Waals surface area contributed by atoms with Gasteiger partial charge in [-0.1, -0.05) is 86.4 Å². The molecule has 2 aromatic rings. The van der Waals surface area contributed by atoms with Gasteiger partial charge in [0.05, 0.1) is 25.4 Å². The second-order valence-electron chi connectivity index (χ2n) is 29.6. The summed E-state index contributed by atoms with van der Waals surface area (Å²) in [6, 6.07) is -12.6. The van der Waals surface area contributed by atoms with E-state index < -0.39 is 253 Å². The number of aromatic nitrogens is 1. The SMILES string of the molecule is CC[C@H](C)[C@H](NC(=O)[C@H](CCCNC(=N)N)NC(=O)[C@H](CCCNC(=N)N)NC(=O)[C@H](CC(C)C)NC(=O)[C@@H](NC(=O)[C@H](CCC(N)=O)NC(=O)[C@H](C)NC(=O)[C@H](CCSC)NC(=O)[C@@H](N)Cc1c[nH]c2ccccc12)[C@@H](C)CC)C(=O)NCC(=O)N[C@@H](CC(=O)O)C(=O)N[C@@H](CCC(=O)O)C(=O)N[C@H](C(=O)N[C@@H](CC(N)=O)C(=O)O)C(C)C. The molecule has 1 aromatic carbocycles. The molecule has 15 amide bonds. The van der Waals surface area contributed by atoms with E-state index in [4.69, 9.17) is 39.5 Å². The summed E-state index contributed by atoms with van der Waals surface area (Å²) in [5.41, 5.74) is 29.6. The van der Waals surface area contributed by atoms with Crippen molar-refractivity contribution in [1.82, 2.24) is 84.7 Å². The van der Waals surface area contributed by atoms with E-state index in [-0.39, 0.29) is 83.2 Å². The molecule has 119 heavy (non-hydrogen) atoms. The predicted octanol–water partition coefficient (Wildman–Crippen LogP) is -5.37. The summed E-state index contributed by atoms with van der Waals surface area (Å²) in [4.78, 5) is 245. The van der Waals surface area contributed by atoms with Gasteiger partial charge < -0.3 is 129 Å². The zero-order chi connectivity index (χ0) is 90.1. The van der Waals surface area contributed by atoms with Gasteiger partial charge in [0.15, 0.2) is 11.9 Å². The first-order valence-electron chi connectivity index (χ1n) is 38.9. The molecule has 45 heteroatoms. The van der Waals surface area contributed by atoms with Crippen LogP contribution in [0.15, 0.2) is 30.5 Å². The van der Waals surface area contributed by atoms with E-state index in [1.54, 1.807) is 47.1 Å². The van der Waals surface area contributed by atoms with Crippen LogP contribution < -0.4 is 108 Å². The number of aliphatic carboxylic acids is 3. The number of carbonyl (C=O) groups excluding carboxylic acids is 15. The number of rotatable bonds is 57. The van der Waals surface area contributed by atoms with Crippen molar-refractivity contribution in [2.45, 2.75) is 237 Å². The van der Waals surface area contributed by atoms with E-state index in [0.29, 0.717) is 5.75 Å². The van der Waals surface area contributed by atoms with Crippen LogP contribution in [-0.2, 0) is 92.7 Å². The number of para-hydroxylation sites is 1. The molecular formula is C74H121N23O21S. The average molecular weight is 1700 g/mol. The van der Waals surface area contributed by atoms with Crippen molar-refractivity contribution >= 4 is 141 Å². The first-order valence-corrected chi connectivity index (χ1v) is 40.3. The van der Waals surface area contributed by atoms with Crippen LogP contribution in [0.2, 0.25) is 0 Å². The van der Waals surface area contributed by atoms with E-state index in [9.17, 15) is 102 Å². The molecular weight excluding hydrogens is 1580 g/mol. The van der Waals surface area contributed by atoms with E-state index in [0.717, 1.165) is 16.5 Å². The summed E-state index contributed by atoms with van der Waals surface area (Å²) in [6.07, 6.45) is -0.612. The molecule has 0 bridgehead atoms. The molecule has 1 heterocycles. The number of carboxylic acid groups (broad SMARTS) is 3. The van der Waals surface area contributed by atoms with E-state index >= 15 is 0 Å². The van der Waals surface area contributed by atoms with Gasteiger partial charge in [0, 0.05) is 43.0 Å². The standard InChI is InChI=1S/C74H121N23O21S/c1-11-37(7)58(69(114)85-34-54(100)87-50(32-56(103)104)68(113)92-47(22-24-55(101)102)65(110)95-57(36(5)6)70(115)94-51(72(117)118)31-53(77)99)96-64(109)45(20-16-27-83-74(80)81)90-63(108)44(19-15-26-82-73(78)79)91-67(112)49(29-35(3)4)93-71(116)59(38(8)12-2)97-66(111)46(21-23-52(76)98)88-60(105)39(9)86-62(107)48(25-28-119-10)89-61(106)42(75)30-40-33-84-43-18-14-13-17-41(40)43/h13-14,17-18,33,35-39,42,44-51,57-59,84H,11-12,15-16,19-32,34,75H2,1-10H3,(H2,76,98)(H2,77,99)(H,85,114)(H,86,107)(H,87,100)(H,88,105)(H,89,106)(H,90,108)(H,91,112)(H,92,113)(H,93,116)(H,94,115)(H,95,110)(H,96,109)(H,97,111)(H,101,102)(H,103,104)(H,117,118)(H4,78,79,82)(H4,80,81,83)/t37-,38-,39-,42-,44-,45-,46-,47-,48-,49-,50-,51-,57-,58-,59-/m0/s1. The van der Waals surface area contributed by atoms with E-state index in [1.807, 2.05) is 24.3 Å². The third-order valence-electron chi connectivity index (χ3n) is 18.9. The zero-order valence-electron chi connectivity index (χ0n) is 68.6. The Morgan fingerprint density at radius 1 is 0.454 bits per heavy atom. The fraction of sp³-hybridized carbons (Fsp3) is 0.622. The molecule has 0 spiro atoms. The van der Waals surface area contributed by atoms with Gasteiger partial charge in [-0.2, -0.15) is 11.8 Å². The highest BCUT2D eigenvalue weighted by atomic mass is 32.2. The lowest BCUT2D eigenvalue weighted by Gasteiger charge is -2.30. The van der Waals surface area contributed by atoms with Gasteiger partial charge in [-0.15, -0.1) is 0 Å². The van der Waals surface area contributed by atoms with E-state index in [1.165, 1.54) is 39.5 Å². The molecule has 664 valence electrons. The number of guanidine groups is 2. The number of nitrogens with two attached hydrogens (primary N) is 5. The number of benzene rings is 1. The van der Waals surface area contributed by atoms with Gasteiger partial charge in [-0.3, -0.25) is 92.3 Å². The first-order chi connectivity index (χ1) is 55.8. The molecule has 31 N–H and O–H groups in total. The van der Waals surface area contributed by atoms with Crippen LogP contribution in [0.4, 0.5) is 0 Å². The lowest BCUT2D eigenvalue weighted by Crippen LogP contribution is -2.61. The normalized spacial score (nSPS) is 14.9. The lowest BCUT2D eigenvalue weighted by atomic mass is 9.96. The molecule has 0 fully saturated rings. The number of H-pyrrole nitrogens is 1. The zero-order valence-corrected chi connectivity index (χ0v) is 69.4. The third-order valence-corrected chi connectivity index (χ3v) is 19.6. The van der Waals surface area contributed by atoms with Crippen molar-refractivity contribution in [3.8, 4) is 0 Å². The van der Waals surface area contributed by atoms with Crippen LogP contribution in [0, 0.1) is 34.5 Å². The monoisotopic (exact) mass is 1700 g/mol. The van der Waals surface area contributed by atoms with Gasteiger partial charge in [0.25, 0.3) is 0 Å². The third kappa shape index (κ3) is 38.4. The summed E-state index contributed by atoms with van der Waals surface area (Å²) in [5.74, 6) is -22.9. The summed E-state index contributed by atoms with van der Waals surface area (Å²) in [7, 11) is 0. The minimum atomic E-state index is -2.04. The maximum Gasteiger partial charge on any atom is 0.326 e. The molecule has 0 aliphatic rings. The minimum absolute atomic E-state index is 0.0103. The highest BCUT2D eigenvalue weighted by molar-refractivity contribution is 7.98. The van der Waals surface area contributed by atoms with Crippen LogP contribution in [0.3, 0.4) is 0 Å². The van der Waals surface area contributed by atoms with Crippen LogP contribution in [-0.4, -0.2) is 249 Å². The number of hydrogen-bond acceptors (Lipinski definition) is 22. The van der Waals surface area contributed by atoms with Gasteiger partial charge in [-0.05, 0) is 112 Å². The molecule has 0 radical (unpaired) electrons. The fourth-order valence-electron chi connectivity index (χ4n) is 11.8. The number of fused-ring (bicyclic) bond motifs is 1. The number of nitrogens with one attached hydrogen (secondary N) is 18. The molecule has 0 saturated heterocycles. The smallest absolute Gasteiger partial charge is 0.326 e. The van der Waals surface area contributed by atoms with Crippen molar-refractivity contribution in [3.05, 3.63) is 36.0 Å². The Balaban J connectivity index is 2.48. The van der Waals surface area contributed by atoms with Crippen LogP contribution in [0.5, 0.6) is 0 Å². The van der Waals surface area contributed by atoms with Crippen molar-refractivity contribution in [3.63, 3.8) is 0 Å². The molecule has 0 aliphatic carbocycles. The lowest BCUT2D eigenvalue weighted by molar-refractivity contribution is -0.144. The number of hydrogen-bond donors (Lipinski definition) is 26. The van der Waals surface area contributed by atoms with Gasteiger partial charge in [0.2, 0.25) is 88.6 Å². The minimum Gasteiger partial charge on any atom is -0.481 e. The highest BCUT2D eigenvalue weighted by Gasteiger charge is 2.39. The molecule has 44 nitrogen and oxygen atoms in total. The largest absolute Gasteiger partial charge is 0.481 e. The molecule has 2 rings (SSSR count). The second-order valence-corrected chi connectivity index (χ2v) is 30.5.